The number of nitrogens with one attached hydrogen (secondary N) is 3. The molecule has 0 aliphatic carbocycles. The summed E-state index contributed by atoms with van der Waals surface area (Å²) in [5, 5.41) is 15.5. The topological polar surface area (TPSA) is 132 Å². The van der Waals surface area contributed by atoms with Crippen molar-refractivity contribution in [2.45, 2.75) is 11.8 Å². The summed E-state index contributed by atoms with van der Waals surface area (Å²) in [6.45, 7) is 7.33. The van der Waals surface area contributed by atoms with Crippen molar-refractivity contribution in [3.8, 4) is 0 Å². The van der Waals surface area contributed by atoms with Crippen LogP contribution in [0, 0.1) is 5.41 Å². The van der Waals surface area contributed by atoms with Crippen LogP contribution in [0.15, 0.2) is 86.2 Å². The van der Waals surface area contributed by atoms with Gasteiger partial charge in [0.15, 0.2) is 11.5 Å². The minimum absolute atomic E-state index is 0.125. The van der Waals surface area contributed by atoms with Crippen LogP contribution in [0.3, 0.4) is 0 Å². The van der Waals surface area contributed by atoms with Gasteiger partial charge >= 0.3 is 0 Å². The first-order valence-electron chi connectivity index (χ1n) is 10.6. The molecule has 0 amide bonds. The molecule has 10 nitrogen and oxygen atoms in total. The molecule has 0 radical (unpaired) electrons. The third kappa shape index (κ3) is 4.96. The van der Waals surface area contributed by atoms with E-state index in [0.717, 1.165) is 5.56 Å². The molecule has 0 atom stereocenters. The van der Waals surface area contributed by atoms with Gasteiger partial charge in [-0.1, -0.05) is 30.3 Å². The van der Waals surface area contributed by atoms with Gasteiger partial charge in [-0.2, -0.15) is 4.31 Å². The molecule has 2 aromatic rings. The maximum atomic E-state index is 12.9. The highest BCUT2D eigenvalue weighted by atomic mass is 32.2. The lowest BCUT2D eigenvalue weighted by molar-refractivity contribution is 0.360. The molecule has 4 rings (SSSR count). The zero-order chi connectivity index (χ0) is 24.1. The molecule has 2 aliphatic heterocycles. The fourth-order valence-electron chi connectivity index (χ4n) is 3.47. The molecule has 1 saturated heterocycles. The van der Waals surface area contributed by atoms with Gasteiger partial charge in [0.25, 0.3) is 0 Å². The second kappa shape index (κ2) is 10.1. The number of amidine groups is 1. The van der Waals surface area contributed by atoms with Crippen LogP contribution >= 0.6 is 0 Å². The molecular formula is C23H25N7O3S. The Morgan fingerprint density at radius 2 is 1.79 bits per heavy atom. The van der Waals surface area contributed by atoms with Crippen molar-refractivity contribution in [2.75, 3.05) is 26.2 Å². The number of rotatable bonds is 6. The monoisotopic (exact) mass is 479 g/mol. The minimum atomic E-state index is -3.55. The number of hydrogen-bond donors (Lipinski definition) is 3. The average molecular weight is 480 g/mol. The van der Waals surface area contributed by atoms with E-state index < -0.39 is 10.0 Å². The minimum Gasteiger partial charge on any atom is -0.417 e. The number of aliphatic imine (C=N–C) groups is 2. The smallest absolute Gasteiger partial charge is 0.245 e. The molecule has 34 heavy (non-hydrogen) atoms. The van der Waals surface area contributed by atoms with Gasteiger partial charge in [-0.3, -0.25) is 5.41 Å². The van der Waals surface area contributed by atoms with E-state index >= 15 is 0 Å². The van der Waals surface area contributed by atoms with Gasteiger partial charge in [-0.15, -0.1) is 5.10 Å². The van der Waals surface area contributed by atoms with E-state index in [2.05, 4.69) is 32.5 Å². The van der Waals surface area contributed by atoms with Crippen molar-refractivity contribution >= 4 is 34.2 Å². The van der Waals surface area contributed by atoms with Gasteiger partial charge in [0.05, 0.1) is 4.90 Å². The average Bonchev–Trinajstić information content (AvgIpc) is 3.38. The molecule has 0 aromatic heterocycles. The summed E-state index contributed by atoms with van der Waals surface area (Å²) in [7, 11) is -3.55. The molecular weight excluding hydrogens is 454 g/mol. The summed E-state index contributed by atoms with van der Waals surface area (Å²) >= 11 is 0. The van der Waals surface area contributed by atoms with E-state index in [-0.39, 0.29) is 22.3 Å². The Morgan fingerprint density at radius 1 is 1.12 bits per heavy atom. The first kappa shape index (κ1) is 23.5. The number of piperazine rings is 1. The third-order valence-corrected chi connectivity index (χ3v) is 7.25. The van der Waals surface area contributed by atoms with E-state index in [9.17, 15) is 8.42 Å². The van der Waals surface area contributed by atoms with Crippen molar-refractivity contribution in [1.82, 2.24) is 15.0 Å². The molecule has 2 heterocycles. The van der Waals surface area contributed by atoms with Crippen molar-refractivity contribution < 1.29 is 13.2 Å². The molecule has 3 N–H and O–H groups in total. The molecule has 0 unspecified atom stereocenters. The van der Waals surface area contributed by atoms with Gasteiger partial charge < -0.3 is 10.1 Å². The van der Waals surface area contributed by atoms with Crippen molar-refractivity contribution in [3.63, 3.8) is 0 Å². The molecule has 2 aliphatic rings. The lowest BCUT2D eigenvalue weighted by Gasteiger charge is -2.26. The number of hydrogen-bond acceptors (Lipinski definition) is 8. The molecule has 0 bridgehead atoms. The first-order valence-corrected chi connectivity index (χ1v) is 12.1. The zero-order valence-electron chi connectivity index (χ0n) is 18.7. The SMILES string of the molecule is C=NC(=N)C(N=C(C)c1ccc(S(=O)(=O)N2CCNCC2)cc1)=C1NN=C(c2ccccc2)O1. The van der Waals surface area contributed by atoms with Gasteiger partial charge in [-0.05, 0) is 43.5 Å². The van der Waals surface area contributed by atoms with Gasteiger partial charge in [0, 0.05) is 37.5 Å². The van der Waals surface area contributed by atoms with E-state index in [1.54, 1.807) is 31.2 Å². The van der Waals surface area contributed by atoms with E-state index in [1.807, 2.05) is 30.3 Å². The predicted molar refractivity (Wildman–Crippen MR) is 132 cm³/mol. The second-order valence-electron chi connectivity index (χ2n) is 7.56. The Morgan fingerprint density at radius 3 is 2.44 bits per heavy atom. The van der Waals surface area contributed by atoms with Gasteiger partial charge in [0.1, 0.15) is 0 Å². The quantitative estimate of drug-likeness (QED) is 0.430. The summed E-state index contributed by atoms with van der Waals surface area (Å²) in [4.78, 5) is 8.43. The number of ether oxygens (including phenoxy) is 1. The summed E-state index contributed by atoms with van der Waals surface area (Å²) in [6.07, 6.45) is 0. The van der Waals surface area contributed by atoms with Crippen LogP contribution in [-0.4, -0.2) is 63.1 Å². The van der Waals surface area contributed by atoms with Crippen molar-refractivity contribution in [1.29, 1.82) is 5.41 Å². The number of benzene rings is 2. The Kier molecular flexibility index (Phi) is 6.96. The summed E-state index contributed by atoms with van der Waals surface area (Å²) < 4.78 is 33.0. The van der Waals surface area contributed by atoms with Crippen LogP contribution in [-0.2, 0) is 14.8 Å². The van der Waals surface area contributed by atoms with Crippen molar-refractivity contribution in [3.05, 3.63) is 77.3 Å². The number of sulfonamides is 1. The summed E-state index contributed by atoms with van der Waals surface area (Å²) in [5.74, 6) is 0.318. The summed E-state index contributed by atoms with van der Waals surface area (Å²) in [6, 6.07) is 15.8. The lowest BCUT2D eigenvalue weighted by Crippen LogP contribution is -2.46. The molecule has 0 saturated carbocycles. The second-order valence-corrected chi connectivity index (χ2v) is 9.49. The molecule has 1 fully saturated rings. The Hall–Kier alpha value is -3.67. The summed E-state index contributed by atoms with van der Waals surface area (Å²) in [5.41, 5.74) is 4.89. The van der Waals surface area contributed by atoms with Crippen LogP contribution in [0.25, 0.3) is 0 Å². The molecule has 2 aromatic carbocycles. The normalized spacial score (nSPS) is 18.5. The Bertz CT molecular complexity index is 1280. The van der Waals surface area contributed by atoms with Crippen LogP contribution in [0.4, 0.5) is 0 Å². The predicted octanol–water partition coefficient (Wildman–Crippen LogP) is 1.92. The van der Waals surface area contributed by atoms with Gasteiger partial charge in [-0.25, -0.2) is 23.8 Å². The molecule has 176 valence electrons. The van der Waals surface area contributed by atoms with Crippen LogP contribution in [0.1, 0.15) is 18.1 Å². The number of nitrogens with zero attached hydrogens (tertiary/aromatic N) is 4. The van der Waals surface area contributed by atoms with Gasteiger partial charge in [0.2, 0.25) is 21.8 Å². The highest BCUT2D eigenvalue weighted by molar-refractivity contribution is 7.89. The molecule has 0 spiro atoms. The van der Waals surface area contributed by atoms with E-state index in [0.29, 0.717) is 43.4 Å². The molecule has 11 heteroatoms. The fraction of sp³-hybridized carbons (Fsp3) is 0.217. The lowest BCUT2D eigenvalue weighted by atomic mass is 10.1. The highest BCUT2D eigenvalue weighted by Gasteiger charge is 2.26. The fourth-order valence-corrected chi connectivity index (χ4v) is 4.91. The van der Waals surface area contributed by atoms with Crippen LogP contribution in [0.5, 0.6) is 0 Å². The van der Waals surface area contributed by atoms with E-state index in [4.69, 9.17) is 10.1 Å². The Balaban J connectivity index is 1.58. The van der Waals surface area contributed by atoms with Crippen LogP contribution in [0.2, 0.25) is 0 Å². The third-order valence-electron chi connectivity index (χ3n) is 5.34. The maximum Gasteiger partial charge on any atom is 0.245 e. The zero-order valence-corrected chi connectivity index (χ0v) is 19.5. The Labute approximate surface area is 198 Å². The standard InChI is InChI=1S/C23H25N7O3S/c1-16(17-8-10-19(11-9-17)34(31,32)30-14-12-26-13-15-30)27-20(21(24)25-2)23-29-28-22(33-23)18-6-4-3-5-7-18/h3-11,24,26,29H,2,12-15H2,1H3. The van der Waals surface area contributed by atoms with E-state index in [1.165, 1.54) is 4.31 Å². The largest absolute Gasteiger partial charge is 0.417 e. The van der Waals surface area contributed by atoms with Crippen molar-refractivity contribution in [2.24, 2.45) is 15.1 Å². The first-order chi connectivity index (χ1) is 16.4. The maximum absolute atomic E-state index is 12.9. The van der Waals surface area contributed by atoms with Crippen LogP contribution < -0.4 is 10.7 Å². The number of hydrazone groups is 1. The highest BCUT2D eigenvalue weighted by Crippen LogP contribution is 2.20.